The van der Waals surface area contributed by atoms with E-state index in [4.69, 9.17) is 0 Å². The molecule has 0 saturated carbocycles. The van der Waals surface area contributed by atoms with Crippen LogP contribution in [-0.4, -0.2) is 27.7 Å². The first-order valence-electron chi connectivity index (χ1n) is 6.23. The van der Waals surface area contributed by atoms with Crippen LogP contribution in [0.4, 0.5) is 24.5 Å². The highest BCUT2D eigenvalue weighted by atomic mass is 19.4. The molecule has 0 aliphatic carbocycles. The van der Waals surface area contributed by atoms with Gasteiger partial charge in [0.2, 0.25) is 0 Å². The van der Waals surface area contributed by atoms with Crippen LogP contribution >= 0.6 is 0 Å². The number of carbonyl (C=O) groups is 1. The summed E-state index contributed by atoms with van der Waals surface area (Å²) in [4.78, 5) is 23.4. The lowest BCUT2D eigenvalue weighted by molar-refractivity contribution is -0.385. The number of halogens is 3. The molecule has 0 unspecified atom stereocenters. The van der Waals surface area contributed by atoms with Gasteiger partial charge in [-0.3, -0.25) is 19.6 Å². The summed E-state index contributed by atoms with van der Waals surface area (Å²) >= 11 is 0. The number of nitro groups is 1. The summed E-state index contributed by atoms with van der Waals surface area (Å²) in [6.07, 6.45) is -1.89. The minimum absolute atomic E-state index is 0.352. The van der Waals surface area contributed by atoms with Gasteiger partial charge in [0.15, 0.2) is 0 Å². The second-order valence-corrected chi connectivity index (χ2v) is 4.72. The summed E-state index contributed by atoms with van der Waals surface area (Å²) < 4.78 is 39.4. The van der Waals surface area contributed by atoms with Crippen LogP contribution < -0.4 is 4.90 Å². The summed E-state index contributed by atoms with van der Waals surface area (Å²) in [7, 11) is 2.96. The van der Waals surface area contributed by atoms with Gasteiger partial charge in [0, 0.05) is 26.4 Å². The third kappa shape index (κ3) is 3.30. The number of aromatic nitrogens is 2. The summed E-state index contributed by atoms with van der Waals surface area (Å²) in [6, 6.07) is 1.79. The Morgan fingerprint density at radius 1 is 1.39 bits per heavy atom. The maximum atomic E-state index is 12.7. The molecule has 1 aromatic heterocycles. The first kappa shape index (κ1) is 16.5. The molecule has 1 aromatic carbocycles. The van der Waals surface area contributed by atoms with Crippen molar-refractivity contribution in [3.8, 4) is 0 Å². The lowest BCUT2D eigenvalue weighted by Crippen LogP contribution is -2.26. The highest BCUT2D eigenvalue weighted by molar-refractivity contribution is 6.08. The van der Waals surface area contributed by atoms with Crippen molar-refractivity contribution < 1.29 is 22.9 Å². The maximum Gasteiger partial charge on any atom is 0.416 e. The fraction of sp³-hybridized carbons (Fsp3) is 0.231. The van der Waals surface area contributed by atoms with Crippen molar-refractivity contribution in [1.29, 1.82) is 0 Å². The van der Waals surface area contributed by atoms with Gasteiger partial charge < -0.3 is 4.90 Å². The van der Waals surface area contributed by atoms with Gasteiger partial charge in [-0.15, -0.1) is 0 Å². The van der Waals surface area contributed by atoms with E-state index in [2.05, 4.69) is 5.10 Å². The number of nitro benzene ring substituents is 1. The standard InChI is InChI=1S/C13H11F3N4O3/c1-18-7-9(6-17-18)19(2)12(21)10-4-3-8(13(14,15)16)5-11(10)20(22)23/h3-7H,1-2H3. The fourth-order valence-corrected chi connectivity index (χ4v) is 1.92. The summed E-state index contributed by atoms with van der Waals surface area (Å²) in [6.45, 7) is 0. The molecular weight excluding hydrogens is 317 g/mol. The van der Waals surface area contributed by atoms with E-state index in [1.165, 1.54) is 24.1 Å². The first-order chi connectivity index (χ1) is 10.6. The van der Waals surface area contributed by atoms with E-state index >= 15 is 0 Å². The van der Waals surface area contributed by atoms with Crippen molar-refractivity contribution in [1.82, 2.24) is 9.78 Å². The molecule has 7 nitrogen and oxygen atoms in total. The summed E-state index contributed by atoms with van der Waals surface area (Å²) in [5.74, 6) is -0.807. The molecule has 2 rings (SSSR count). The Bertz CT molecular complexity index is 770. The molecule has 0 bridgehead atoms. The molecule has 23 heavy (non-hydrogen) atoms. The third-order valence-corrected chi connectivity index (χ3v) is 3.14. The number of nitrogens with zero attached hydrogens (tertiary/aromatic N) is 4. The Labute approximate surface area is 128 Å². The van der Waals surface area contributed by atoms with Gasteiger partial charge >= 0.3 is 6.18 Å². The molecule has 10 heteroatoms. The fourth-order valence-electron chi connectivity index (χ4n) is 1.92. The molecule has 1 heterocycles. The van der Waals surface area contributed by atoms with Crippen molar-refractivity contribution in [2.24, 2.45) is 7.05 Å². The summed E-state index contributed by atoms with van der Waals surface area (Å²) in [5.41, 5.74) is -2.17. The summed E-state index contributed by atoms with van der Waals surface area (Å²) in [5, 5.41) is 14.9. The van der Waals surface area contributed by atoms with Crippen molar-refractivity contribution in [2.75, 3.05) is 11.9 Å². The zero-order valence-corrected chi connectivity index (χ0v) is 12.0. The van der Waals surface area contributed by atoms with Crippen LogP contribution in [0.1, 0.15) is 15.9 Å². The van der Waals surface area contributed by atoms with Gasteiger partial charge in [-0.05, 0) is 12.1 Å². The van der Waals surface area contributed by atoms with Crippen LogP contribution in [0.3, 0.4) is 0 Å². The first-order valence-corrected chi connectivity index (χ1v) is 6.23. The number of aryl methyl sites for hydroxylation is 1. The third-order valence-electron chi connectivity index (χ3n) is 3.14. The van der Waals surface area contributed by atoms with Crippen LogP contribution in [0.2, 0.25) is 0 Å². The monoisotopic (exact) mass is 328 g/mol. The Hall–Kier alpha value is -2.91. The van der Waals surface area contributed by atoms with Crippen LogP contribution in [0.25, 0.3) is 0 Å². The highest BCUT2D eigenvalue weighted by Crippen LogP contribution is 2.33. The smallest absolute Gasteiger partial charge is 0.308 e. The number of anilines is 1. The number of benzene rings is 1. The van der Waals surface area contributed by atoms with E-state index in [0.29, 0.717) is 17.8 Å². The molecule has 0 aliphatic rings. The van der Waals surface area contributed by atoms with Gasteiger partial charge in [-0.2, -0.15) is 18.3 Å². The Balaban J connectivity index is 2.46. The van der Waals surface area contributed by atoms with Gasteiger partial charge in [0.25, 0.3) is 11.6 Å². The van der Waals surface area contributed by atoms with E-state index in [0.717, 1.165) is 11.0 Å². The van der Waals surface area contributed by atoms with E-state index in [9.17, 15) is 28.1 Å². The number of carbonyl (C=O) groups excluding carboxylic acids is 1. The van der Waals surface area contributed by atoms with Crippen LogP contribution in [0.15, 0.2) is 30.6 Å². The Morgan fingerprint density at radius 3 is 2.52 bits per heavy atom. The van der Waals surface area contributed by atoms with Crippen molar-refractivity contribution >= 4 is 17.3 Å². The van der Waals surface area contributed by atoms with Crippen molar-refractivity contribution in [3.05, 3.63) is 51.8 Å². The second-order valence-electron chi connectivity index (χ2n) is 4.72. The average molecular weight is 328 g/mol. The number of amides is 1. The Morgan fingerprint density at radius 2 is 2.04 bits per heavy atom. The maximum absolute atomic E-state index is 12.7. The lowest BCUT2D eigenvalue weighted by Gasteiger charge is -2.15. The van der Waals surface area contributed by atoms with Gasteiger partial charge in [0.1, 0.15) is 5.56 Å². The highest BCUT2D eigenvalue weighted by Gasteiger charge is 2.34. The lowest BCUT2D eigenvalue weighted by atomic mass is 10.1. The van der Waals surface area contributed by atoms with Gasteiger partial charge in [-0.25, -0.2) is 0 Å². The Kier molecular flexibility index (Phi) is 4.08. The van der Waals surface area contributed by atoms with E-state index < -0.39 is 33.8 Å². The molecule has 122 valence electrons. The molecule has 2 aromatic rings. The van der Waals surface area contributed by atoms with E-state index in [1.807, 2.05) is 0 Å². The minimum Gasteiger partial charge on any atom is -0.308 e. The van der Waals surface area contributed by atoms with Crippen molar-refractivity contribution in [2.45, 2.75) is 6.18 Å². The second kappa shape index (κ2) is 5.71. The molecule has 0 fully saturated rings. The van der Waals surface area contributed by atoms with E-state index in [1.54, 1.807) is 7.05 Å². The molecule has 0 atom stereocenters. The van der Waals surface area contributed by atoms with Crippen LogP contribution in [-0.2, 0) is 13.2 Å². The topological polar surface area (TPSA) is 81.3 Å². The molecule has 0 aliphatic heterocycles. The average Bonchev–Trinajstić information content (AvgIpc) is 2.90. The predicted octanol–water partition coefficient (Wildman–Crippen LogP) is 2.62. The van der Waals surface area contributed by atoms with Crippen molar-refractivity contribution in [3.63, 3.8) is 0 Å². The number of hydrogen-bond acceptors (Lipinski definition) is 4. The number of rotatable bonds is 3. The zero-order chi connectivity index (χ0) is 17.4. The van der Waals surface area contributed by atoms with E-state index in [-0.39, 0.29) is 0 Å². The largest absolute Gasteiger partial charge is 0.416 e. The number of hydrogen-bond donors (Lipinski definition) is 0. The zero-order valence-electron chi connectivity index (χ0n) is 12.0. The molecule has 0 radical (unpaired) electrons. The quantitative estimate of drug-likeness (QED) is 0.641. The van der Waals surface area contributed by atoms with Gasteiger partial charge in [0.05, 0.1) is 22.4 Å². The van der Waals surface area contributed by atoms with Gasteiger partial charge in [-0.1, -0.05) is 0 Å². The predicted molar refractivity (Wildman–Crippen MR) is 74.0 cm³/mol. The van der Waals surface area contributed by atoms with Crippen LogP contribution in [0.5, 0.6) is 0 Å². The molecule has 0 spiro atoms. The van der Waals surface area contributed by atoms with Crippen LogP contribution in [0, 0.1) is 10.1 Å². The molecular formula is C13H11F3N4O3. The normalized spacial score (nSPS) is 11.3. The number of alkyl halides is 3. The minimum atomic E-state index is -4.73. The molecule has 0 saturated heterocycles. The molecule has 0 N–H and O–H groups in total. The molecule has 1 amide bonds. The SMILES string of the molecule is CN(C(=O)c1ccc(C(F)(F)F)cc1[N+](=O)[O-])c1cnn(C)c1.